The summed E-state index contributed by atoms with van der Waals surface area (Å²) in [4.78, 5) is 19.0. The number of hydrogen-bond donors (Lipinski definition) is 1. The molecule has 32 heavy (non-hydrogen) atoms. The van der Waals surface area contributed by atoms with E-state index in [0.717, 1.165) is 16.8 Å². The predicted octanol–water partition coefficient (Wildman–Crippen LogP) is 4.77. The number of rotatable bonds is 6. The number of likely N-dealkylation sites (tertiary alicyclic amines) is 1. The van der Waals surface area contributed by atoms with Gasteiger partial charge in [0.25, 0.3) is 5.89 Å². The summed E-state index contributed by atoms with van der Waals surface area (Å²) in [6, 6.07) is 20.3. The quantitative estimate of drug-likeness (QED) is 0.479. The van der Waals surface area contributed by atoms with Crippen LogP contribution < -0.4 is 0 Å². The number of benzene rings is 2. The van der Waals surface area contributed by atoms with Gasteiger partial charge in [-0.2, -0.15) is 10.1 Å². The summed E-state index contributed by atoms with van der Waals surface area (Å²) in [6.07, 6.45) is 0.390. The number of hydrogen-bond acceptors (Lipinski definition) is 5. The molecular weight excluding hydrogens is 402 g/mol. The second-order valence-electron chi connectivity index (χ2n) is 8.56. The first kappa shape index (κ1) is 20.2. The first-order valence-electron chi connectivity index (χ1n) is 10.9. The van der Waals surface area contributed by atoms with Crippen LogP contribution >= 0.6 is 0 Å². The summed E-state index contributed by atoms with van der Waals surface area (Å²) in [5, 5.41) is 11.5. The maximum absolute atomic E-state index is 12.6. The van der Waals surface area contributed by atoms with Gasteiger partial charge < -0.3 is 9.42 Å². The number of aromatic amines is 1. The topological polar surface area (TPSA) is 87.9 Å². The largest absolute Gasteiger partial charge is 0.338 e. The van der Waals surface area contributed by atoms with Gasteiger partial charge >= 0.3 is 0 Å². The Morgan fingerprint density at radius 1 is 1.12 bits per heavy atom. The molecule has 0 saturated carbocycles. The molecule has 5 rings (SSSR count). The molecule has 0 radical (unpaired) electrons. The molecule has 4 aromatic rings. The predicted molar refractivity (Wildman–Crippen MR) is 121 cm³/mol. The van der Waals surface area contributed by atoms with Crippen LogP contribution in [-0.2, 0) is 11.3 Å². The maximum atomic E-state index is 12.6. The minimum atomic E-state index is -0.0774. The van der Waals surface area contributed by atoms with Gasteiger partial charge in [0, 0.05) is 31.0 Å². The van der Waals surface area contributed by atoms with Crippen molar-refractivity contribution >= 4 is 5.91 Å². The standard InChI is InChI=1S/C25H25N5O2/c1-16(2)18-10-8-17(9-11-18)14-30-15-20(12-23(30)31)24-26-25(32-29-24)22-13-21(27-28-22)19-6-4-3-5-7-19/h3-11,13,16,20H,12,14-15H2,1-2H3,(H,27,28). The summed E-state index contributed by atoms with van der Waals surface area (Å²) >= 11 is 0. The van der Waals surface area contributed by atoms with Gasteiger partial charge in [-0.25, -0.2) is 0 Å². The van der Waals surface area contributed by atoms with Gasteiger partial charge in [-0.1, -0.05) is 73.6 Å². The molecule has 1 amide bonds. The molecule has 0 aliphatic carbocycles. The van der Waals surface area contributed by atoms with Crippen molar-refractivity contribution in [3.63, 3.8) is 0 Å². The molecule has 1 saturated heterocycles. The van der Waals surface area contributed by atoms with E-state index < -0.39 is 0 Å². The van der Waals surface area contributed by atoms with E-state index in [9.17, 15) is 4.79 Å². The molecule has 2 aromatic carbocycles. The van der Waals surface area contributed by atoms with Gasteiger partial charge in [0.05, 0.1) is 5.69 Å². The third kappa shape index (κ3) is 4.06. The van der Waals surface area contributed by atoms with Crippen LogP contribution in [0.2, 0.25) is 0 Å². The van der Waals surface area contributed by atoms with Crippen molar-refractivity contribution < 1.29 is 9.32 Å². The van der Waals surface area contributed by atoms with Crippen LogP contribution in [0.4, 0.5) is 0 Å². The zero-order chi connectivity index (χ0) is 22.1. The van der Waals surface area contributed by atoms with E-state index in [2.05, 4.69) is 58.5 Å². The van der Waals surface area contributed by atoms with Crippen molar-refractivity contribution in [1.29, 1.82) is 0 Å². The zero-order valence-electron chi connectivity index (χ0n) is 18.2. The van der Waals surface area contributed by atoms with Crippen LogP contribution in [0.1, 0.15) is 49.1 Å². The lowest BCUT2D eigenvalue weighted by atomic mass is 10.0. The van der Waals surface area contributed by atoms with E-state index in [1.165, 1.54) is 5.56 Å². The highest BCUT2D eigenvalue weighted by Crippen LogP contribution is 2.30. The second kappa shape index (κ2) is 8.42. The number of amides is 1. The summed E-state index contributed by atoms with van der Waals surface area (Å²) in [5.74, 6) is 1.47. The van der Waals surface area contributed by atoms with Crippen LogP contribution in [0.3, 0.4) is 0 Å². The van der Waals surface area contributed by atoms with Crippen molar-refractivity contribution in [2.75, 3.05) is 6.54 Å². The molecule has 1 unspecified atom stereocenters. The molecular formula is C25H25N5O2. The maximum Gasteiger partial charge on any atom is 0.275 e. The van der Waals surface area contributed by atoms with Crippen molar-refractivity contribution in [2.24, 2.45) is 0 Å². The summed E-state index contributed by atoms with van der Waals surface area (Å²) in [6.45, 7) is 5.53. The zero-order valence-corrected chi connectivity index (χ0v) is 18.2. The fourth-order valence-corrected chi connectivity index (χ4v) is 4.02. The first-order chi connectivity index (χ1) is 15.6. The normalized spacial score (nSPS) is 16.3. The third-order valence-corrected chi connectivity index (χ3v) is 5.92. The fourth-order valence-electron chi connectivity index (χ4n) is 4.02. The van der Waals surface area contributed by atoms with E-state index in [-0.39, 0.29) is 11.8 Å². The monoisotopic (exact) mass is 427 g/mol. The smallest absolute Gasteiger partial charge is 0.275 e. The average Bonchev–Trinajstić information content (AvgIpc) is 3.55. The van der Waals surface area contributed by atoms with E-state index in [0.29, 0.717) is 42.8 Å². The molecule has 2 aromatic heterocycles. The van der Waals surface area contributed by atoms with E-state index in [1.54, 1.807) is 0 Å². The Balaban J connectivity index is 1.27. The van der Waals surface area contributed by atoms with E-state index >= 15 is 0 Å². The highest BCUT2D eigenvalue weighted by atomic mass is 16.5. The van der Waals surface area contributed by atoms with Crippen LogP contribution in [-0.4, -0.2) is 37.7 Å². The molecule has 1 aliphatic heterocycles. The Bertz CT molecular complexity index is 1210. The molecule has 1 aliphatic rings. The van der Waals surface area contributed by atoms with Gasteiger partial charge in [0.15, 0.2) is 5.82 Å². The Hall–Kier alpha value is -3.74. The number of aromatic nitrogens is 4. The van der Waals surface area contributed by atoms with Crippen molar-refractivity contribution in [1.82, 2.24) is 25.2 Å². The molecule has 1 fully saturated rings. The van der Waals surface area contributed by atoms with Crippen molar-refractivity contribution in [3.05, 3.63) is 77.6 Å². The second-order valence-corrected chi connectivity index (χ2v) is 8.56. The minimum Gasteiger partial charge on any atom is -0.338 e. The van der Waals surface area contributed by atoms with Crippen LogP contribution in [0.25, 0.3) is 22.8 Å². The molecule has 0 spiro atoms. The Morgan fingerprint density at radius 2 is 1.91 bits per heavy atom. The molecule has 1 atom stereocenters. The van der Waals surface area contributed by atoms with Gasteiger partial charge in [-0.3, -0.25) is 9.89 Å². The number of carbonyl (C=O) groups excluding carboxylic acids is 1. The molecule has 1 N–H and O–H groups in total. The van der Waals surface area contributed by atoms with E-state index in [1.807, 2.05) is 41.3 Å². The Kier molecular flexibility index (Phi) is 5.31. The first-order valence-corrected chi connectivity index (χ1v) is 10.9. The molecule has 0 bridgehead atoms. The number of H-pyrrole nitrogens is 1. The van der Waals surface area contributed by atoms with Crippen molar-refractivity contribution in [2.45, 2.75) is 38.6 Å². The summed E-state index contributed by atoms with van der Waals surface area (Å²) in [5.41, 5.74) is 4.91. The van der Waals surface area contributed by atoms with Crippen molar-refractivity contribution in [3.8, 4) is 22.8 Å². The van der Waals surface area contributed by atoms with Crippen LogP contribution in [0.15, 0.2) is 65.2 Å². The van der Waals surface area contributed by atoms with Crippen LogP contribution in [0.5, 0.6) is 0 Å². The Morgan fingerprint density at radius 3 is 2.66 bits per heavy atom. The average molecular weight is 428 g/mol. The fraction of sp³-hybridized carbons (Fsp3) is 0.280. The molecule has 162 valence electrons. The lowest BCUT2D eigenvalue weighted by Gasteiger charge is -2.16. The number of nitrogens with one attached hydrogen (secondary N) is 1. The molecule has 3 heterocycles. The molecule has 7 nitrogen and oxygen atoms in total. The number of carbonyl (C=O) groups is 1. The molecule has 7 heteroatoms. The minimum absolute atomic E-state index is 0.0774. The summed E-state index contributed by atoms with van der Waals surface area (Å²) in [7, 11) is 0. The number of nitrogens with zero attached hydrogens (tertiary/aromatic N) is 4. The summed E-state index contributed by atoms with van der Waals surface area (Å²) < 4.78 is 5.47. The van der Waals surface area contributed by atoms with E-state index in [4.69, 9.17) is 4.52 Å². The lowest BCUT2D eigenvalue weighted by Crippen LogP contribution is -2.24. The van der Waals surface area contributed by atoms with Gasteiger partial charge in [-0.05, 0) is 23.1 Å². The lowest BCUT2D eigenvalue weighted by molar-refractivity contribution is -0.128. The highest BCUT2D eigenvalue weighted by molar-refractivity contribution is 5.79. The highest BCUT2D eigenvalue weighted by Gasteiger charge is 2.34. The SMILES string of the molecule is CC(C)c1ccc(CN2CC(c3noc(-c4cc(-c5ccccc5)n[nH]4)n3)CC2=O)cc1. The van der Waals surface area contributed by atoms with Gasteiger partial charge in [0.2, 0.25) is 5.91 Å². The van der Waals surface area contributed by atoms with Gasteiger partial charge in [0.1, 0.15) is 5.69 Å². The Labute approximate surface area is 186 Å². The van der Waals surface area contributed by atoms with Gasteiger partial charge in [-0.15, -0.1) is 0 Å². The van der Waals surface area contributed by atoms with Crippen LogP contribution in [0, 0.1) is 0 Å². The third-order valence-electron chi connectivity index (χ3n) is 5.92.